The fourth-order valence-electron chi connectivity index (χ4n) is 1.90. The molecule has 0 saturated heterocycles. The molecule has 1 aromatic heterocycles. The highest BCUT2D eigenvalue weighted by molar-refractivity contribution is 7.99. The first-order valence-corrected chi connectivity index (χ1v) is 8.59. The molecular formula is C14H27N5O3S. The summed E-state index contributed by atoms with van der Waals surface area (Å²) in [5, 5.41) is 25.0. The summed E-state index contributed by atoms with van der Waals surface area (Å²) in [7, 11) is 1.74. The predicted octanol–water partition coefficient (Wildman–Crippen LogP) is 1.60. The van der Waals surface area contributed by atoms with E-state index in [2.05, 4.69) is 20.8 Å². The molecule has 0 spiro atoms. The molecule has 1 heterocycles. The number of nitrogens with zero attached hydrogens (tertiary/aromatic N) is 4. The van der Waals surface area contributed by atoms with Crippen molar-refractivity contribution >= 4 is 17.9 Å². The maximum absolute atomic E-state index is 12.0. The van der Waals surface area contributed by atoms with Crippen molar-refractivity contribution in [2.75, 3.05) is 5.75 Å². The van der Waals surface area contributed by atoms with Crippen molar-refractivity contribution in [1.82, 2.24) is 25.5 Å². The molecule has 1 amide bonds. The molecule has 0 bridgehead atoms. The number of rotatable bonds is 7. The zero-order valence-electron chi connectivity index (χ0n) is 14.6. The molecular weight excluding hydrogens is 318 g/mol. The maximum Gasteiger partial charge on any atom is 0.407 e. The van der Waals surface area contributed by atoms with Crippen LogP contribution in [0.2, 0.25) is 0 Å². The van der Waals surface area contributed by atoms with E-state index < -0.39 is 23.8 Å². The van der Waals surface area contributed by atoms with Crippen molar-refractivity contribution in [3.63, 3.8) is 0 Å². The van der Waals surface area contributed by atoms with Gasteiger partial charge in [-0.1, -0.05) is 25.6 Å². The first-order valence-electron chi connectivity index (χ1n) is 7.61. The Balaban J connectivity index is 2.61. The average Bonchev–Trinajstić information content (AvgIpc) is 2.78. The topological polar surface area (TPSA) is 102 Å². The van der Waals surface area contributed by atoms with Gasteiger partial charge in [0, 0.05) is 12.8 Å². The summed E-state index contributed by atoms with van der Waals surface area (Å²) in [5.74, 6) is 0.701. The molecule has 0 fully saturated rings. The van der Waals surface area contributed by atoms with Gasteiger partial charge in [0.15, 0.2) is 0 Å². The third-order valence-electron chi connectivity index (χ3n) is 2.86. The van der Waals surface area contributed by atoms with E-state index in [0.717, 1.165) is 0 Å². The van der Waals surface area contributed by atoms with Gasteiger partial charge in [-0.25, -0.2) is 9.48 Å². The minimum absolute atomic E-state index is 0.325. The summed E-state index contributed by atoms with van der Waals surface area (Å²) >= 11 is 1.34. The van der Waals surface area contributed by atoms with E-state index in [1.807, 2.05) is 13.8 Å². The lowest BCUT2D eigenvalue weighted by atomic mass is 10.0. The fourth-order valence-corrected chi connectivity index (χ4v) is 2.77. The molecule has 0 aliphatic heterocycles. The van der Waals surface area contributed by atoms with Crippen molar-refractivity contribution in [1.29, 1.82) is 0 Å². The smallest absolute Gasteiger partial charge is 0.407 e. The van der Waals surface area contributed by atoms with Crippen LogP contribution < -0.4 is 5.32 Å². The molecule has 1 rings (SSSR count). The first-order chi connectivity index (χ1) is 10.6. The second-order valence-corrected chi connectivity index (χ2v) is 7.83. The summed E-state index contributed by atoms with van der Waals surface area (Å²) in [4.78, 5) is 12.0. The van der Waals surface area contributed by atoms with Crippen molar-refractivity contribution in [2.45, 2.75) is 63.9 Å². The summed E-state index contributed by atoms with van der Waals surface area (Å²) in [6.07, 6.45) is -0.600. The molecule has 1 unspecified atom stereocenters. The lowest BCUT2D eigenvalue weighted by molar-refractivity contribution is 0.0426. The third kappa shape index (κ3) is 7.65. The molecule has 9 heteroatoms. The summed E-state index contributed by atoms with van der Waals surface area (Å²) in [6, 6.07) is -0.390. The van der Waals surface area contributed by atoms with Crippen LogP contribution in [0.1, 0.15) is 41.0 Å². The summed E-state index contributed by atoms with van der Waals surface area (Å²) in [5.41, 5.74) is -0.573. The Hall–Kier alpha value is -1.35. The molecule has 0 saturated carbocycles. The zero-order chi connectivity index (χ0) is 17.6. The maximum atomic E-state index is 12.0. The molecule has 132 valence electrons. The molecule has 2 N–H and O–H groups in total. The van der Waals surface area contributed by atoms with Gasteiger partial charge in [0.2, 0.25) is 5.16 Å². The van der Waals surface area contributed by atoms with Gasteiger partial charge >= 0.3 is 6.09 Å². The number of alkyl carbamates (subject to hydrolysis) is 1. The average molecular weight is 345 g/mol. The standard InChI is InChI=1S/C14H27N5O3S/c1-9(2)7-10(15-13(21)22-14(3,4)5)11(20)8-23-12-16-17-18-19(12)6/h9-11,20H,7-8H2,1-6H3,(H,15,21)/t10-,11?/m0/s1. The van der Waals surface area contributed by atoms with Crippen LogP contribution in [0.3, 0.4) is 0 Å². The largest absolute Gasteiger partial charge is 0.444 e. The molecule has 23 heavy (non-hydrogen) atoms. The fraction of sp³-hybridized carbons (Fsp3) is 0.857. The number of amides is 1. The van der Waals surface area contributed by atoms with E-state index in [4.69, 9.17) is 4.74 Å². The van der Waals surface area contributed by atoms with Gasteiger partial charge in [-0.05, 0) is 43.5 Å². The lowest BCUT2D eigenvalue weighted by Gasteiger charge is -2.27. The van der Waals surface area contributed by atoms with Crippen molar-refractivity contribution in [3.8, 4) is 0 Å². The highest BCUT2D eigenvalue weighted by Gasteiger charge is 2.26. The van der Waals surface area contributed by atoms with E-state index in [9.17, 15) is 9.90 Å². The number of ether oxygens (including phenoxy) is 1. The second-order valence-electron chi connectivity index (χ2n) is 6.85. The molecule has 0 aliphatic carbocycles. The van der Waals surface area contributed by atoms with Crippen molar-refractivity contribution < 1.29 is 14.6 Å². The van der Waals surface area contributed by atoms with Gasteiger partial charge in [0.05, 0.1) is 12.1 Å². The first kappa shape index (κ1) is 19.7. The Bertz CT molecular complexity index is 501. The third-order valence-corrected chi connectivity index (χ3v) is 3.97. The van der Waals surface area contributed by atoms with Crippen LogP contribution in [0.25, 0.3) is 0 Å². The van der Waals surface area contributed by atoms with E-state index >= 15 is 0 Å². The number of hydrogen-bond acceptors (Lipinski definition) is 7. The lowest BCUT2D eigenvalue weighted by Crippen LogP contribution is -2.47. The number of hydrogen-bond donors (Lipinski definition) is 2. The van der Waals surface area contributed by atoms with Crippen molar-refractivity contribution in [2.24, 2.45) is 13.0 Å². The van der Waals surface area contributed by atoms with E-state index in [1.165, 1.54) is 16.4 Å². The van der Waals surface area contributed by atoms with Gasteiger partial charge in [0.1, 0.15) is 5.60 Å². The molecule has 0 aliphatic rings. The summed E-state index contributed by atoms with van der Waals surface area (Å²) < 4.78 is 6.80. The number of nitrogens with one attached hydrogen (secondary N) is 1. The van der Waals surface area contributed by atoms with E-state index in [1.54, 1.807) is 27.8 Å². The van der Waals surface area contributed by atoms with Crippen LogP contribution in [0, 0.1) is 5.92 Å². The number of carbonyl (C=O) groups is 1. The Labute approximate surface area is 141 Å². The highest BCUT2D eigenvalue weighted by atomic mass is 32.2. The Morgan fingerprint density at radius 3 is 2.57 bits per heavy atom. The monoisotopic (exact) mass is 345 g/mol. The van der Waals surface area contributed by atoms with E-state index in [-0.39, 0.29) is 0 Å². The Kier molecular flexibility index (Phi) is 7.27. The SMILES string of the molecule is CC(C)C[C@H](NC(=O)OC(C)(C)C)C(O)CSc1nnnn1C. The quantitative estimate of drug-likeness (QED) is 0.724. The Morgan fingerprint density at radius 1 is 1.43 bits per heavy atom. The zero-order valence-corrected chi connectivity index (χ0v) is 15.4. The van der Waals surface area contributed by atoms with Gasteiger partial charge in [-0.2, -0.15) is 0 Å². The molecule has 0 radical (unpaired) electrons. The van der Waals surface area contributed by atoms with Gasteiger partial charge in [-0.15, -0.1) is 5.10 Å². The van der Waals surface area contributed by atoms with E-state index in [0.29, 0.717) is 23.2 Å². The number of thioether (sulfide) groups is 1. The molecule has 8 nitrogen and oxygen atoms in total. The highest BCUT2D eigenvalue weighted by Crippen LogP contribution is 2.18. The molecule has 1 aromatic rings. The van der Waals surface area contributed by atoms with Crippen LogP contribution in [-0.2, 0) is 11.8 Å². The van der Waals surface area contributed by atoms with Crippen LogP contribution in [-0.4, -0.2) is 54.9 Å². The number of aliphatic hydroxyl groups is 1. The van der Waals surface area contributed by atoms with Gasteiger partial charge < -0.3 is 15.2 Å². The van der Waals surface area contributed by atoms with Crippen LogP contribution in [0.15, 0.2) is 5.16 Å². The van der Waals surface area contributed by atoms with Crippen LogP contribution in [0.4, 0.5) is 4.79 Å². The normalized spacial score (nSPS) is 14.6. The second kappa shape index (κ2) is 8.49. The number of aliphatic hydroxyl groups excluding tert-OH is 1. The van der Waals surface area contributed by atoms with Crippen LogP contribution in [0.5, 0.6) is 0 Å². The van der Waals surface area contributed by atoms with Gasteiger partial charge in [0.25, 0.3) is 0 Å². The van der Waals surface area contributed by atoms with Crippen LogP contribution >= 0.6 is 11.8 Å². The predicted molar refractivity (Wildman–Crippen MR) is 88.1 cm³/mol. The summed E-state index contributed by atoms with van der Waals surface area (Å²) in [6.45, 7) is 9.48. The number of tetrazole rings is 1. The molecule has 2 atom stereocenters. The minimum atomic E-state index is -0.730. The van der Waals surface area contributed by atoms with Crippen molar-refractivity contribution in [3.05, 3.63) is 0 Å². The minimum Gasteiger partial charge on any atom is -0.444 e. The molecule has 0 aromatic carbocycles. The Morgan fingerprint density at radius 2 is 2.09 bits per heavy atom. The number of aromatic nitrogens is 4. The number of aryl methyl sites for hydroxylation is 1. The van der Waals surface area contributed by atoms with Gasteiger partial charge in [-0.3, -0.25) is 0 Å². The number of carbonyl (C=O) groups excluding carboxylic acids is 1.